The summed E-state index contributed by atoms with van der Waals surface area (Å²) in [4.78, 5) is 14.3. The van der Waals surface area contributed by atoms with E-state index in [0.717, 1.165) is 24.3 Å². The molecular formula is C23H23F4N3O5S. The van der Waals surface area contributed by atoms with Crippen LogP contribution in [0.1, 0.15) is 0 Å². The van der Waals surface area contributed by atoms with Gasteiger partial charge >= 0.3 is 6.36 Å². The molecule has 0 radical (unpaired) electrons. The van der Waals surface area contributed by atoms with E-state index in [4.69, 9.17) is 4.74 Å². The molecule has 36 heavy (non-hydrogen) atoms. The Balaban J connectivity index is 1.21. The first-order valence-corrected chi connectivity index (χ1v) is 12.7. The zero-order valence-corrected chi connectivity index (χ0v) is 19.6. The van der Waals surface area contributed by atoms with Gasteiger partial charge in [0.2, 0.25) is 15.9 Å². The third kappa shape index (κ3) is 4.87. The zero-order chi connectivity index (χ0) is 25.7. The molecule has 0 spiro atoms. The van der Waals surface area contributed by atoms with Crippen LogP contribution in [0, 0.1) is 17.8 Å². The number of fused-ring (bicyclic) bond motifs is 1. The number of rotatable bonds is 6. The van der Waals surface area contributed by atoms with Crippen LogP contribution in [-0.4, -0.2) is 64.1 Å². The summed E-state index contributed by atoms with van der Waals surface area (Å²) in [5.74, 6) is -1.49. The summed E-state index contributed by atoms with van der Waals surface area (Å²) in [5, 5.41) is 2.87. The van der Waals surface area contributed by atoms with Crippen LogP contribution in [0.25, 0.3) is 0 Å². The molecule has 1 aliphatic carbocycles. The number of sulfonamides is 1. The number of nitrogens with zero attached hydrogens (tertiary/aromatic N) is 2. The maximum absolute atomic E-state index is 14.4. The minimum absolute atomic E-state index is 0.0581. The fraction of sp³-hybridized carbons (Fsp3) is 0.435. The van der Waals surface area contributed by atoms with Crippen molar-refractivity contribution in [3.05, 3.63) is 48.5 Å². The lowest BCUT2D eigenvalue weighted by Gasteiger charge is -2.33. The molecule has 2 aromatic carbocycles. The van der Waals surface area contributed by atoms with E-state index in [1.807, 2.05) is 0 Å². The second-order valence-electron chi connectivity index (χ2n) is 8.90. The number of nitrogens with one attached hydrogen (secondary N) is 1. The van der Waals surface area contributed by atoms with Gasteiger partial charge in [-0.25, -0.2) is 12.8 Å². The number of anilines is 2. The third-order valence-electron chi connectivity index (χ3n) is 6.70. The van der Waals surface area contributed by atoms with E-state index in [0.29, 0.717) is 24.5 Å². The molecule has 13 heteroatoms. The lowest BCUT2D eigenvalue weighted by molar-refractivity contribution is -0.274. The fourth-order valence-electron chi connectivity index (χ4n) is 4.93. The number of halogens is 4. The molecule has 3 atom stereocenters. The van der Waals surface area contributed by atoms with Gasteiger partial charge < -0.3 is 19.7 Å². The summed E-state index contributed by atoms with van der Waals surface area (Å²) >= 11 is 0. The van der Waals surface area contributed by atoms with Crippen molar-refractivity contribution in [2.75, 3.05) is 43.1 Å². The van der Waals surface area contributed by atoms with E-state index in [1.165, 1.54) is 9.21 Å². The largest absolute Gasteiger partial charge is 0.573 e. The van der Waals surface area contributed by atoms with E-state index >= 15 is 0 Å². The molecule has 3 aliphatic rings. The highest BCUT2D eigenvalue weighted by atomic mass is 32.2. The van der Waals surface area contributed by atoms with E-state index < -0.39 is 28.4 Å². The maximum Gasteiger partial charge on any atom is 0.573 e. The van der Waals surface area contributed by atoms with Gasteiger partial charge in [0.1, 0.15) is 5.75 Å². The third-order valence-corrected chi connectivity index (χ3v) is 8.55. The standard InChI is InChI=1S/C23H23F4N3O5S/c24-20-13-34-10-9-30(20)19-4-2-1-3-18(19)28-22(31)21-16-11-29(12-17(16)21)36(32,33)15-7-5-14(6-8-15)35-23(25,26)27/h1-8,16-17,20-21H,9-13H2,(H,28,31). The van der Waals surface area contributed by atoms with Crippen molar-refractivity contribution < 1.29 is 40.2 Å². The molecule has 8 nitrogen and oxygen atoms in total. The minimum Gasteiger partial charge on any atom is -0.406 e. The lowest BCUT2D eigenvalue weighted by Crippen LogP contribution is -2.43. The van der Waals surface area contributed by atoms with Gasteiger partial charge in [-0.2, -0.15) is 4.31 Å². The van der Waals surface area contributed by atoms with E-state index in [2.05, 4.69) is 10.1 Å². The average Bonchev–Trinajstić information content (AvgIpc) is 3.32. The Hall–Kier alpha value is -2.90. The second kappa shape index (κ2) is 9.20. The van der Waals surface area contributed by atoms with Crippen molar-refractivity contribution in [3.8, 4) is 5.75 Å². The first kappa shape index (κ1) is 24.8. The van der Waals surface area contributed by atoms with Gasteiger partial charge in [0.05, 0.1) is 29.5 Å². The second-order valence-corrected chi connectivity index (χ2v) is 10.8. The number of hydrogen-bond donors (Lipinski definition) is 1. The number of carbonyl (C=O) groups excluding carboxylic acids is 1. The fourth-order valence-corrected chi connectivity index (χ4v) is 6.44. The van der Waals surface area contributed by atoms with E-state index in [-0.39, 0.29) is 48.3 Å². The Bertz CT molecular complexity index is 1230. The van der Waals surface area contributed by atoms with Crippen LogP contribution in [0.5, 0.6) is 5.75 Å². The Morgan fingerprint density at radius 1 is 1.06 bits per heavy atom. The molecule has 3 fully saturated rings. The van der Waals surface area contributed by atoms with Gasteiger partial charge in [0, 0.05) is 25.6 Å². The highest BCUT2D eigenvalue weighted by Crippen LogP contribution is 2.53. The zero-order valence-electron chi connectivity index (χ0n) is 18.8. The first-order chi connectivity index (χ1) is 17.0. The van der Waals surface area contributed by atoms with Crippen LogP contribution in [-0.2, 0) is 19.6 Å². The number of carbonyl (C=O) groups is 1. The van der Waals surface area contributed by atoms with Crippen molar-refractivity contribution in [3.63, 3.8) is 0 Å². The molecule has 2 heterocycles. The van der Waals surface area contributed by atoms with Crippen LogP contribution in [0.4, 0.5) is 28.9 Å². The van der Waals surface area contributed by atoms with Gasteiger partial charge in [0.25, 0.3) is 0 Å². The van der Waals surface area contributed by atoms with Crippen LogP contribution < -0.4 is 15.0 Å². The summed E-state index contributed by atoms with van der Waals surface area (Å²) in [7, 11) is -3.93. The molecule has 194 valence electrons. The smallest absolute Gasteiger partial charge is 0.406 e. The van der Waals surface area contributed by atoms with E-state index in [1.54, 1.807) is 24.3 Å². The molecule has 1 N–H and O–H groups in total. The Morgan fingerprint density at radius 3 is 2.36 bits per heavy atom. The average molecular weight is 530 g/mol. The Labute approximate surface area is 204 Å². The number of alkyl halides is 4. The molecule has 3 unspecified atom stereocenters. The Morgan fingerprint density at radius 2 is 1.72 bits per heavy atom. The number of benzene rings is 2. The summed E-state index contributed by atoms with van der Waals surface area (Å²) in [5.41, 5.74) is 1.03. The van der Waals surface area contributed by atoms with Gasteiger partial charge in [-0.1, -0.05) is 12.1 Å². The van der Waals surface area contributed by atoms with Crippen molar-refractivity contribution >= 4 is 27.3 Å². The summed E-state index contributed by atoms with van der Waals surface area (Å²) in [6, 6.07) is 10.9. The molecule has 0 bridgehead atoms. The number of amides is 1. The van der Waals surface area contributed by atoms with Crippen LogP contribution in [0.3, 0.4) is 0 Å². The summed E-state index contributed by atoms with van der Waals surface area (Å²) in [6.45, 7) is 0.918. The van der Waals surface area contributed by atoms with Crippen molar-refractivity contribution in [1.29, 1.82) is 0 Å². The van der Waals surface area contributed by atoms with Crippen molar-refractivity contribution in [2.45, 2.75) is 17.6 Å². The predicted molar refractivity (Wildman–Crippen MR) is 120 cm³/mol. The van der Waals surface area contributed by atoms with Crippen LogP contribution in [0.15, 0.2) is 53.4 Å². The predicted octanol–water partition coefficient (Wildman–Crippen LogP) is 3.22. The highest BCUT2D eigenvalue weighted by molar-refractivity contribution is 7.89. The number of para-hydroxylation sites is 2. The quantitative estimate of drug-likeness (QED) is 0.457. The number of ether oxygens (including phenoxy) is 2. The summed E-state index contributed by atoms with van der Waals surface area (Å²) < 4.78 is 87.4. The van der Waals surface area contributed by atoms with Gasteiger partial charge in [-0.15, -0.1) is 13.2 Å². The normalized spacial score (nSPS) is 26.4. The van der Waals surface area contributed by atoms with Crippen LogP contribution in [0.2, 0.25) is 0 Å². The minimum atomic E-state index is -4.87. The molecule has 2 saturated heterocycles. The van der Waals surface area contributed by atoms with Gasteiger partial charge in [-0.3, -0.25) is 4.79 Å². The number of piperidine rings is 1. The van der Waals surface area contributed by atoms with Gasteiger partial charge in [-0.05, 0) is 48.2 Å². The van der Waals surface area contributed by atoms with Gasteiger partial charge in [0.15, 0.2) is 6.30 Å². The van der Waals surface area contributed by atoms with Crippen molar-refractivity contribution in [1.82, 2.24) is 4.31 Å². The van der Waals surface area contributed by atoms with E-state index in [9.17, 15) is 30.8 Å². The molecule has 0 aromatic heterocycles. The molecular weight excluding hydrogens is 506 g/mol. The topological polar surface area (TPSA) is 88.2 Å². The lowest BCUT2D eigenvalue weighted by atomic mass is 10.2. The summed E-state index contributed by atoms with van der Waals surface area (Å²) in [6.07, 6.45) is -6.20. The van der Waals surface area contributed by atoms with Crippen molar-refractivity contribution in [2.24, 2.45) is 17.8 Å². The number of morpholine rings is 1. The molecule has 1 amide bonds. The molecule has 1 saturated carbocycles. The Kier molecular flexibility index (Phi) is 6.33. The molecule has 2 aromatic rings. The monoisotopic (exact) mass is 529 g/mol. The number of hydrogen-bond acceptors (Lipinski definition) is 6. The highest BCUT2D eigenvalue weighted by Gasteiger charge is 2.61. The maximum atomic E-state index is 14.4. The first-order valence-electron chi connectivity index (χ1n) is 11.3. The molecule has 2 aliphatic heterocycles. The SMILES string of the molecule is O=C(Nc1ccccc1N1CCOCC1F)C1C2CN(S(=O)(=O)c3ccc(OC(F)(F)F)cc3)CC21. The van der Waals surface area contributed by atoms with Crippen LogP contribution >= 0.6 is 0 Å². The molecule has 5 rings (SSSR count).